The molecule has 4 aromatic rings. The van der Waals surface area contributed by atoms with Gasteiger partial charge < -0.3 is 9.64 Å². The molecule has 3 aromatic heterocycles. The van der Waals surface area contributed by atoms with Crippen LogP contribution in [0.15, 0.2) is 48.9 Å². The normalized spacial score (nSPS) is 11.1. The minimum Gasteiger partial charge on any atom is -0.497 e. The fourth-order valence-corrected chi connectivity index (χ4v) is 3.59. The summed E-state index contributed by atoms with van der Waals surface area (Å²) in [5.74, 6) is 0.639. The lowest BCUT2D eigenvalue weighted by Gasteiger charge is -2.14. The van der Waals surface area contributed by atoms with Crippen LogP contribution in [0.5, 0.6) is 5.75 Å². The van der Waals surface area contributed by atoms with Crippen molar-refractivity contribution in [2.45, 2.75) is 0 Å². The first-order valence-corrected chi connectivity index (χ1v) is 8.13. The van der Waals surface area contributed by atoms with Gasteiger partial charge in [-0.1, -0.05) is 11.3 Å². The Morgan fingerprint density at radius 1 is 1.33 bits per heavy atom. The number of amides is 1. The Morgan fingerprint density at radius 2 is 2.21 bits per heavy atom. The smallest absolute Gasteiger partial charge is 0.278 e. The van der Waals surface area contributed by atoms with Gasteiger partial charge in [0, 0.05) is 19.4 Å². The molecule has 0 aliphatic carbocycles. The number of methoxy groups -OCH3 is 1. The van der Waals surface area contributed by atoms with Crippen molar-refractivity contribution < 1.29 is 9.53 Å². The van der Waals surface area contributed by atoms with Gasteiger partial charge in [-0.3, -0.25) is 14.2 Å². The van der Waals surface area contributed by atoms with Crippen molar-refractivity contribution in [1.29, 1.82) is 0 Å². The molecule has 0 radical (unpaired) electrons. The topological polar surface area (TPSA) is 59.7 Å². The molecule has 120 valence electrons. The second-order valence-corrected chi connectivity index (χ2v) is 6.30. The van der Waals surface area contributed by atoms with Gasteiger partial charge in [0.1, 0.15) is 11.4 Å². The summed E-state index contributed by atoms with van der Waals surface area (Å²) in [7, 11) is 3.36. The van der Waals surface area contributed by atoms with Gasteiger partial charge in [0.05, 0.1) is 29.2 Å². The third-order valence-electron chi connectivity index (χ3n) is 3.86. The zero-order valence-corrected chi connectivity index (χ0v) is 13.9. The number of imidazole rings is 1. The number of ether oxygens (including phenoxy) is 1. The number of fused-ring (bicyclic) bond motifs is 3. The van der Waals surface area contributed by atoms with Crippen LogP contribution in [0.25, 0.3) is 15.2 Å². The highest BCUT2D eigenvalue weighted by Gasteiger charge is 2.19. The Kier molecular flexibility index (Phi) is 3.42. The molecule has 0 spiro atoms. The molecule has 0 bridgehead atoms. The SMILES string of the molecule is COc1ccc2c(c1)sc1nc(C(=O)N(C)c3cccnc3)cn12. The molecule has 24 heavy (non-hydrogen) atoms. The molecule has 0 unspecified atom stereocenters. The van der Waals surface area contributed by atoms with Crippen molar-refractivity contribution >= 4 is 38.1 Å². The molecular formula is C17H14N4O2S. The molecule has 7 heteroatoms. The summed E-state index contributed by atoms with van der Waals surface area (Å²) in [5.41, 5.74) is 2.14. The number of anilines is 1. The summed E-state index contributed by atoms with van der Waals surface area (Å²) in [6.07, 6.45) is 5.10. The number of hydrogen-bond donors (Lipinski definition) is 0. The van der Waals surface area contributed by atoms with Crippen LogP contribution in [0.4, 0.5) is 5.69 Å². The van der Waals surface area contributed by atoms with Crippen molar-refractivity contribution in [1.82, 2.24) is 14.4 Å². The fraction of sp³-hybridized carbons (Fsp3) is 0.118. The van der Waals surface area contributed by atoms with E-state index in [-0.39, 0.29) is 5.91 Å². The quantitative estimate of drug-likeness (QED) is 0.575. The summed E-state index contributed by atoms with van der Waals surface area (Å²) < 4.78 is 8.25. The third kappa shape index (κ3) is 2.30. The average molecular weight is 338 g/mol. The highest BCUT2D eigenvalue weighted by molar-refractivity contribution is 7.23. The van der Waals surface area contributed by atoms with Crippen LogP contribution in [0.2, 0.25) is 0 Å². The number of nitrogens with zero attached hydrogens (tertiary/aromatic N) is 4. The van der Waals surface area contributed by atoms with E-state index in [0.29, 0.717) is 5.69 Å². The summed E-state index contributed by atoms with van der Waals surface area (Å²) in [5, 5.41) is 0. The van der Waals surface area contributed by atoms with Crippen LogP contribution >= 0.6 is 11.3 Å². The van der Waals surface area contributed by atoms with Crippen molar-refractivity contribution in [2.24, 2.45) is 0 Å². The van der Waals surface area contributed by atoms with E-state index in [1.54, 1.807) is 43.7 Å². The number of pyridine rings is 1. The summed E-state index contributed by atoms with van der Waals surface area (Å²) in [6.45, 7) is 0. The van der Waals surface area contributed by atoms with Gasteiger partial charge in [0.25, 0.3) is 5.91 Å². The second kappa shape index (κ2) is 5.61. The monoisotopic (exact) mass is 338 g/mol. The maximum atomic E-state index is 12.7. The van der Waals surface area contributed by atoms with Crippen LogP contribution in [0, 0.1) is 0 Å². The largest absolute Gasteiger partial charge is 0.497 e. The molecule has 0 aliphatic heterocycles. The standard InChI is InChI=1S/C17H14N4O2S/c1-20(11-4-3-7-18-9-11)16(22)13-10-21-14-6-5-12(23-2)8-15(14)24-17(21)19-13/h3-10H,1-2H3. The van der Waals surface area contributed by atoms with E-state index in [2.05, 4.69) is 9.97 Å². The third-order valence-corrected chi connectivity index (χ3v) is 4.88. The zero-order valence-electron chi connectivity index (χ0n) is 13.1. The van der Waals surface area contributed by atoms with Gasteiger partial charge in [0.15, 0.2) is 4.96 Å². The number of carbonyl (C=O) groups excluding carboxylic acids is 1. The fourth-order valence-electron chi connectivity index (χ4n) is 2.55. The van der Waals surface area contributed by atoms with Gasteiger partial charge >= 0.3 is 0 Å². The van der Waals surface area contributed by atoms with Gasteiger partial charge in [-0.15, -0.1) is 0 Å². The van der Waals surface area contributed by atoms with Crippen molar-refractivity contribution in [3.8, 4) is 5.75 Å². The molecule has 0 aliphatic rings. The Bertz CT molecular complexity index is 1040. The lowest BCUT2D eigenvalue weighted by Crippen LogP contribution is -2.26. The maximum absolute atomic E-state index is 12.7. The highest BCUT2D eigenvalue weighted by atomic mass is 32.1. The number of hydrogen-bond acceptors (Lipinski definition) is 5. The first-order chi connectivity index (χ1) is 11.7. The molecule has 6 nitrogen and oxygen atoms in total. The first-order valence-electron chi connectivity index (χ1n) is 7.31. The maximum Gasteiger partial charge on any atom is 0.278 e. The predicted octanol–water partition coefficient (Wildman–Crippen LogP) is 3.23. The summed E-state index contributed by atoms with van der Waals surface area (Å²) in [6, 6.07) is 9.48. The van der Waals surface area contributed by atoms with E-state index in [0.717, 1.165) is 26.6 Å². The lowest BCUT2D eigenvalue weighted by molar-refractivity contribution is 0.0989. The van der Waals surface area contributed by atoms with E-state index in [1.807, 2.05) is 28.7 Å². The molecule has 0 saturated carbocycles. The number of benzene rings is 1. The van der Waals surface area contributed by atoms with Gasteiger partial charge in [0.2, 0.25) is 0 Å². The van der Waals surface area contributed by atoms with E-state index in [4.69, 9.17) is 4.74 Å². The number of carbonyl (C=O) groups is 1. The Labute approximate surface area is 141 Å². The Balaban J connectivity index is 1.74. The molecule has 4 rings (SSSR count). The molecule has 1 aromatic carbocycles. The second-order valence-electron chi connectivity index (χ2n) is 5.29. The molecule has 0 atom stereocenters. The van der Waals surface area contributed by atoms with Crippen LogP contribution in [0.3, 0.4) is 0 Å². The van der Waals surface area contributed by atoms with E-state index >= 15 is 0 Å². The zero-order chi connectivity index (χ0) is 16.7. The van der Waals surface area contributed by atoms with E-state index in [1.165, 1.54) is 11.3 Å². The lowest BCUT2D eigenvalue weighted by atomic mass is 10.3. The number of aromatic nitrogens is 3. The molecule has 0 fully saturated rings. The van der Waals surface area contributed by atoms with E-state index in [9.17, 15) is 4.79 Å². The van der Waals surface area contributed by atoms with Crippen LogP contribution in [-0.4, -0.2) is 34.4 Å². The molecule has 0 N–H and O–H groups in total. The van der Waals surface area contributed by atoms with Crippen molar-refractivity contribution in [3.63, 3.8) is 0 Å². The molecule has 0 saturated heterocycles. The average Bonchev–Trinajstić information content (AvgIpc) is 3.18. The Hall–Kier alpha value is -2.93. The molecular weight excluding hydrogens is 324 g/mol. The van der Waals surface area contributed by atoms with Gasteiger partial charge in [-0.05, 0) is 30.3 Å². The number of rotatable bonds is 3. The van der Waals surface area contributed by atoms with Crippen molar-refractivity contribution in [2.75, 3.05) is 19.1 Å². The highest BCUT2D eigenvalue weighted by Crippen LogP contribution is 2.30. The van der Waals surface area contributed by atoms with Crippen LogP contribution in [-0.2, 0) is 0 Å². The first kappa shape index (κ1) is 14.6. The van der Waals surface area contributed by atoms with E-state index < -0.39 is 0 Å². The molecule has 1 amide bonds. The Morgan fingerprint density at radius 3 is 2.96 bits per heavy atom. The van der Waals surface area contributed by atoms with Crippen LogP contribution in [0.1, 0.15) is 10.5 Å². The number of thiazole rings is 1. The van der Waals surface area contributed by atoms with Crippen molar-refractivity contribution in [3.05, 3.63) is 54.6 Å². The minimum atomic E-state index is -0.166. The van der Waals surface area contributed by atoms with Crippen LogP contribution < -0.4 is 9.64 Å². The van der Waals surface area contributed by atoms with Gasteiger partial charge in [-0.2, -0.15) is 0 Å². The molecule has 3 heterocycles. The summed E-state index contributed by atoms with van der Waals surface area (Å²) in [4.78, 5) is 23.5. The summed E-state index contributed by atoms with van der Waals surface area (Å²) >= 11 is 1.53. The minimum absolute atomic E-state index is 0.166. The predicted molar refractivity (Wildman–Crippen MR) is 94.1 cm³/mol. The van der Waals surface area contributed by atoms with Gasteiger partial charge in [-0.25, -0.2) is 4.98 Å².